The highest BCUT2D eigenvalue weighted by Crippen LogP contribution is 2.37. The van der Waals surface area contributed by atoms with E-state index in [0.29, 0.717) is 45.9 Å². The molecule has 0 amide bonds. The molecule has 0 aromatic heterocycles. The highest BCUT2D eigenvalue weighted by atomic mass is 32.2. The van der Waals surface area contributed by atoms with Crippen LogP contribution in [-0.2, 0) is 49.5 Å². The molecule has 11 aromatic rings. The van der Waals surface area contributed by atoms with E-state index in [9.17, 15) is 46.6 Å². The summed E-state index contributed by atoms with van der Waals surface area (Å²) in [6.07, 6.45) is 0. The van der Waals surface area contributed by atoms with E-state index in [2.05, 4.69) is 0 Å². The van der Waals surface area contributed by atoms with Gasteiger partial charge in [-0.05, 0) is 231 Å². The summed E-state index contributed by atoms with van der Waals surface area (Å²) in [4.78, 5) is -0.938. The number of nitrogens with two attached hydrogens (primary N) is 2. The number of sulfone groups is 4. The fourth-order valence-electron chi connectivity index (χ4n) is 8.84. The molecular formula is C66H48N2O17S5. The van der Waals surface area contributed by atoms with Gasteiger partial charge < -0.3 is 39.9 Å². The van der Waals surface area contributed by atoms with Crippen molar-refractivity contribution in [1.29, 1.82) is 0 Å². The monoisotopic (exact) mass is 1300 g/mol. The zero-order valence-corrected chi connectivity index (χ0v) is 50.6. The molecule has 24 heteroatoms. The Hall–Kier alpha value is -10.5. The van der Waals surface area contributed by atoms with Crippen molar-refractivity contribution < 1.29 is 75.1 Å². The lowest BCUT2D eigenvalue weighted by atomic mass is 10.3. The first-order chi connectivity index (χ1) is 42.9. The number of hydrogen-bond acceptors (Lipinski definition) is 18. The van der Waals surface area contributed by atoms with Crippen LogP contribution in [-0.4, -0.2) is 46.6 Å². The van der Waals surface area contributed by atoms with E-state index in [1.54, 1.807) is 60.7 Å². The molecule has 19 nitrogen and oxygen atoms in total. The van der Waals surface area contributed by atoms with Gasteiger partial charge in [0.1, 0.15) is 73.9 Å². The second kappa shape index (κ2) is 25.0. The van der Waals surface area contributed by atoms with Crippen LogP contribution in [0.2, 0.25) is 0 Å². The van der Waals surface area contributed by atoms with Gasteiger partial charge in [0.2, 0.25) is 39.3 Å². The third-order valence-electron chi connectivity index (χ3n) is 13.4. The molecule has 0 aliphatic heterocycles. The van der Waals surface area contributed by atoms with E-state index < -0.39 is 54.4 Å². The SMILES string of the molecule is Nc1cccc(Oc2ccc(S(=O)(=O)c3ccc(Oc4ccc(S(=O)(=O)c5ccc(Oc6ccc(S(=O)(=O)c7ccc(Oc8ccc(Oc9ccc(S(=O)(=O)c%10ccc(Oc%11cccc(N)c%11)cc%10)cc9)c(S(=O)(=O)O)c8)cc7)cc6)cc5)cc4)cc3)cc2)c1. The summed E-state index contributed by atoms with van der Waals surface area (Å²) in [5.74, 6) is 2.68. The molecule has 0 bridgehead atoms. The van der Waals surface area contributed by atoms with Crippen molar-refractivity contribution in [3.05, 3.63) is 261 Å². The molecule has 454 valence electrons. The summed E-state index contributed by atoms with van der Waals surface area (Å²) in [5.41, 5.74) is 12.6. The Morgan fingerprint density at radius 2 is 0.433 bits per heavy atom. The Kier molecular flexibility index (Phi) is 17.0. The van der Waals surface area contributed by atoms with Crippen molar-refractivity contribution in [3.63, 3.8) is 0 Å². The minimum absolute atomic E-state index is 0.0163. The van der Waals surface area contributed by atoms with Crippen molar-refractivity contribution in [3.8, 4) is 69.0 Å². The highest BCUT2D eigenvalue weighted by Gasteiger charge is 2.24. The Labute approximate surface area is 517 Å². The summed E-state index contributed by atoms with van der Waals surface area (Å²) < 4.78 is 178. The predicted molar refractivity (Wildman–Crippen MR) is 332 cm³/mol. The third kappa shape index (κ3) is 13.9. The third-order valence-corrected chi connectivity index (χ3v) is 21.4. The maximum absolute atomic E-state index is 13.7. The zero-order chi connectivity index (χ0) is 63.4. The molecule has 0 fully saturated rings. The molecule has 0 radical (unpaired) electrons. The second-order valence-electron chi connectivity index (χ2n) is 19.6. The van der Waals surface area contributed by atoms with Gasteiger partial charge >= 0.3 is 0 Å². The lowest BCUT2D eigenvalue weighted by molar-refractivity contribution is 0.441. The molecule has 0 aliphatic carbocycles. The average molecular weight is 1300 g/mol. The maximum Gasteiger partial charge on any atom is 0.298 e. The van der Waals surface area contributed by atoms with E-state index in [1.165, 1.54) is 194 Å². The molecular weight excluding hydrogens is 1250 g/mol. The van der Waals surface area contributed by atoms with Gasteiger partial charge in [0, 0.05) is 29.6 Å². The van der Waals surface area contributed by atoms with E-state index in [0.717, 1.165) is 6.07 Å². The topological polar surface area (TPSA) is 298 Å². The van der Waals surface area contributed by atoms with Crippen molar-refractivity contribution in [2.24, 2.45) is 0 Å². The molecule has 90 heavy (non-hydrogen) atoms. The van der Waals surface area contributed by atoms with Gasteiger partial charge in [0.25, 0.3) is 10.1 Å². The van der Waals surface area contributed by atoms with Crippen LogP contribution in [0.3, 0.4) is 0 Å². The van der Waals surface area contributed by atoms with Gasteiger partial charge in [-0.1, -0.05) is 12.1 Å². The Morgan fingerprint density at radius 1 is 0.233 bits per heavy atom. The predicted octanol–water partition coefficient (Wildman–Crippen LogP) is 14.2. The van der Waals surface area contributed by atoms with E-state index in [4.69, 9.17) is 39.9 Å². The standard InChI is InChI=1S/C66H48N2O17S5/c67-44-3-1-5-54(41-44)82-50-15-32-61(33-16-50)87(71,72)59-28-11-48(12-29-59)80-46-7-24-57(25-8-46)86(69,70)58-26-9-47(10-27-58)81-49-13-30-60(31-14-49)88(73,74)63-36-19-52(20-37-63)84-56-23-40-65(66(43-56)90(77,78)79)85-53-21-38-64(39-22-53)89(75,76)62-34-17-51(18-35-62)83-55-6-2-4-45(68)42-55/h1-43H,67-68H2,(H,77,78,79). The molecule has 11 rings (SSSR count). The number of rotatable bonds is 21. The summed E-state index contributed by atoms with van der Waals surface area (Å²) in [5, 5.41) is 0. The van der Waals surface area contributed by atoms with Gasteiger partial charge in [-0.25, -0.2) is 33.7 Å². The van der Waals surface area contributed by atoms with E-state index in [-0.39, 0.29) is 73.7 Å². The number of anilines is 2. The second-order valence-corrected chi connectivity index (χ2v) is 28.8. The van der Waals surface area contributed by atoms with Crippen LogP contribution >= 0.6 is 0 Å². The van der Waals surface area contributed by atoms with Crippen LogP contribution < -0.4 is 39.9 Å². The molecule has 0 atom stereocenters. The van der Waals surface area contributed by atoms with Crippen molar-refractivity contribution >= 4 is 60.8 Å². The first kappa shape index (κ1) is 61.2. The fourth-order valence-corrected chi connectivity index (χ4v) is 14.5. The molecule has 11 aromatic carbocycles. The van der Waals surface area contributed by atoms with Crippen LogP contribution in [0, 0.1) is 0 Å². The van der Waals surface area contributed by atoms with Gasteiger partial charge in [-0.3, -0.25) is 4.55 Å². The maximum atomic E-state index is 13.7. The molecule has 0 spiro atoms. The molecule has 5 N–H and O–H groups in total. The van der Waals surface area contributed by atoms with E-state index >= 15 is 0 Å². The first-order valence-electron chi connectivity index (χ1n) is 26.7. The van der Waals surface area contributed by atoms with Gasteiger partial charge in [-0.15, -0.1) is 0 Å². The first-order valence-corrected chi connectivity index (χ1v) is 34.0. The number of ether oxygens (including phenoxy) is 6. The van der Waals surface area contributed by atoms with Crippen molar-refractivity contribution in [2.75, 3.05) is 11.5 Å². The lowest BCUT2D eigenvalue weighted by Crippen LogP contribution is -2.03. The summed E-state index contributed by atoms with van der Waals surface area (Å²) in [7, 11) is -20.9. The zero-order valence-electron chi connectivity index (χ0n) is 46.5. The highest BCUT2D eigenvalue weighted by molar-refractivity contribution is 7.92. The van der Waals surface area contributed by atoms with Crippen LogP contribution in [0.1, 0.15) is 0 Å². The van der Waals surface area contributed by atoms with Crippen molar-refractivity contribution in [1.82, 2.24) is 0 Å². The van der Waals surface area contributed by atoms with E-state index in [1.807, 2.05) is 0 Å². The summed E-state index contributed by atoms with van der Waals surface area (Å²) in [6.45, 7) is 0. The van der Waals surface area contributed by atoms with Gasteiger partial charge in [0.05, 0.1) is 39.2 Å². The molecule has 0 saturated heterocycles. The van der Waals surface area contributed by atoms with Crippen LogP contribution in [0.15, 0.2) is 305 Å². The molecule has 0 unspecified atom stereocenters. The minimum Gasteiger partial charge on any atom is -0.457 e. The number of benzene rings is 11. The van der Waals surface area contributed by atoms with Crippen LogP contribution in [0.5, 0.6) is 69.0 Å². The molecule has 0 aliphatic rings. The summed E-state index contributed by atoms with van der Waals surface area (Å²) in [6, 6.07) is 62.0. The Morgan fingerprint density at radius 3 is 0.656 bits per heavy atom. The van der Waals surface area contributed by atoms with Crippen molar-refractivity contribution in [2.45, 2.75) is 44.1 Å². The molecule has 0 heterocycles. The Balaban J connectivity index is 0.668. The normalized spacial score (nSPS) is 11.9. The van der Waals surface area contributed by atoms with Gasteiger partial charge in [-0.2, -0.15) is 8.42 Å². The Bertz CT molecular complexity index is 5040. The fraction of sp³-hybridized carbons (Fsp3) is 0. The quantitative estimate of drug-likeness (QED) is 0.0445. The minimum atomic E-state index is -4.92. The largest absolute Gasteiger partial charge is 0.457 e. The molecule has 0 saturated carbocycles. The van der Waals surface area contributed by atoms with Crippen LogP contribution in [0.4, 0.5) is 11.4 Å². The average Bonchev–Trinajstić information content (AvgIpc) is 1.37. The smallest absolute Gasteiger partial charge is 0.298 e. The number of hydrogen-bond donors (Lipinski definition) is 3. The lowest BCUT2D eigenvalue weighted by Gasteiger charge is -2.13. The summed E-state index contributed by atoms with van der Waals surface area (Å²) >= 11 is 0. The number of nitrogen functional groups attached to an aromatic ring is 2. The van der Waals surface area contributed by atoms with Gasteiger partial charge in [0.15, 0.2) is 0 Å². The van der Waals surface area contributed by atoms with Crippen LogP contribution in [0.25, 0.3) is 0 Å².